The van der Waals surface area contributed by atoms with Crippen molar-refractivity contribution >= 4 is 127 Å². The Balaban J connectivity index is 0. The number of allylic oxidation sites excluding steroid dienone is 2. The number of carbonyl (C=O) groups is 4. The van der Waals surface area contributed by atoms with E-state index >= 15 is 0 Å². The minimum atomic E-state index is -2.07. The molecule has 3 atom stereocenters. The van der Waals surface area contributed by atoms with Gasteiger partial charge in [0, 0.05) is 25.1 Å². The Kier molecular flexibility index (Phi) is 31.0. The molecule has 0 unspecified atom stereocenters. The van der Waals surface area contributed by atoms with Gasteiger partial charge >= 0.3 is 30.8 Å². The first-order chi connectivity index (χ1) is 31.9. The van der Waals surface area contributed by atoms with Crippen molar-refractivity contribution in [3.63, 3.8) is 0 Å². The van der Waals surface area contributed by atoms with Gasteiger partial charge in [-0.05, 0) is 77.1 Å². The van der Waals surface area contributed by atoms with Gasteiger partial charge in [-0.25, -0.2) is 19.6 Å². The van der Waals surface area contributed by atoms with Crippen molar-refractivity contribution in [1.29, 1.82) is 0 Å². The molecule has 406 valence electrons. The van der Waals surface area contributed by atoms with Crippen LogP contribution < -0.4 is 29.6 Å². The second-order valence-electron chi connectivity index (χ2n) is 23.3. The average molecular weight is 1230 g/mol. The zero-order chi connectivity index (χ0) is 56.0. The van der Waals surface area contributed by atoms with Crippen LogP contribution in [0, 0.1) is 19.8 Å². The number of hydrogen-bond donors (Lipinski definition) is 2. The van der Waals surface area contributed by atoms with Gasteiger partial charge in [0.15, 0.2) is 33.9 Å². The Morgan fingerprint density at radius 2 is 1.19 bits per heavy atom. The fourth-order valence-corrected chi connectivity index (χ4v) is 13.4. The van der Waals surface area contributed by atoms with Crippen LogP contribution in [0.15, 0.2) is 30.0 Å². The molecule has 72 heavy (non-hydrogen) atoms. The summed E-state index contributed by atoms with van der Waals surface area (Å²) >= 11 is 14.0. The Labute approximate surface area is 476 Å². The molecule has 22 heteroatoms. The second-order valence-corrected chi connectivity index (χ2v) is 46.9. The van der Waals surface area contributed by atoms with Crippen molar-refractivity contribution in [3.05, 3.63) is 51.2 Å². The van der Waals surface area contributed by atoms with Crippen molar-refractivity contribution < 1.29 is 65.9 Å². The van der Waals surface area contributed by atoms with Gasteiger partial charge in [-0.3, -0.25) is 14.5 Å². The number of thiocarbonyl (C=S) groups is 1. The molecule has 1 fully saturated rings. The Morgan fingerprint density at radius 1 is 0.806 bits per heavy atom. The maximum atomic E-state index is 13.0. The molecule has 1 amide bonds. The van der Waals surface area contributed by atoms with Crippen LogP contribution in [-0.4, -0.2) is 110 Å². The number of unbranched alkanes of at least 4 members (excludes halogenated alkanes) is 1. The second kappa shape index (κ2) is 30.6. The van der Waals surface area contributed by atoms with Crippen molar-refractivity contribution in [2.24, 2.45) is 5.92 Å². The summed E-state index contributed by atoms with van der Waals surface area (Å²) in [5.74, 6) is -0.281. The van der Waals surface area contributed by atoms with Crippen molar-refractivity contribution in [3.8, 4) is 0 Å². The normalized spacial score (nSPS) is 15.8. The minimum absolute atomic E-state index is 0. The molecule has 1 saturated heterocycles. The van der Waals surface area contributed by atoms with Crippen LogP contribution in [0.1, 0.15) is 135 Å². The molecule has 2 aromatic rings. The van der Waals surface area contributed by atoms with Crippen LogP contribution in [0.5, 0.6) is 0 Å². The smallest absolute Gasteiger partial charge is 0.476 e. The van der Waals surface area contributed by atoms with Crippen LogP contribution in [0.2, 0.25) is 75.5 Å². The first-order valence-electron chi connectivity index (χ1n) is 24.2. The molecule has 0 aromatic carbocycles. The van der Waals surface area contributed by atoms with Crippen LogP contribution in [-0.2, 0) is 24.9 Å². The largest absolute Gasteiger partial charge is 1.00 e. The molecular formula is C50H88Br2LiN3O10S2Si4. The fraction of sp³-hybridized carbons (Fsp3) is 0.680. The fourth-order valence-electron chi connectivity index (χ4n) is 6.01. The number of oxazole rings is 2. The monoisotopic (exact) mass is 1230 g/mol. The summed E-state index contributed by atoms with van der Waals surface area (Å²) in [4.78, 5) is 57.8. The van der Waals surface area contributed by atoms with Crippen LogP contribution in [0.25, 0.3) is 0 Å². The Bertz CT molecular complexity index is 2160. The van der Waals surface area contributed by atoms with Gasteiger partial charge < -0.3 is 34.8 Å². The van der Waals surface area contributed by atoms with Gasteiger partial charge in [-0.2, -0.15) is 6.42 Å². The maximum absolute atomic E-state index is 13.0. The predicted octanol–water partition coefficient (Wildman–Crippen LogP) is 10.9. The van der Waals surface area contributed by atoms with E-state index in [1.807, 2.05) is 70.2 Å². The summed E-state index contributed by atoms with van der Waals surface area (Å²) < 4.78 is 26.6. The number of carboxylic acid groups (broad SMARTS) is 2. The standard InChI is InChI=1S/C20H34BrNO5Si2.C18H32BrNO2S2Si.C8H13NO3Si.C4H9.Li/c1-13(21)10-15(27-29(8,9)20(2,3)4)11-14(23)12-16-22-17(18(24)25)19(26-16)28(5,6)7;1-12(2)15-11-24-17(23)20(15)16(21)10-14(9-13(3)19)22-25(7,8)18(4,5)6;1-5-9-6(7(10)11)8(12-5)13(2,3)4;1-3-4-2;/h10,15H,11-12H2,1-9H3,(H,24,25);9,12,14-15H,10-11H2,1-8H3;1-4H3,(H,10,11);1,3-4H2,2H3;/q;;;-1;+1/b13-10+;13-9+;;;/t15-;14-,15+;;;/m11.../s1. The van der Waals surface area contributed by atoms with E-state index in [9.17, 15) is 24.3 Å². The van der Waals surface area contributed by atoms with E-state index in [1.54, 1.807) is 18.7 Å². The molecule has 0 spiro atoms. The number of halogens is 2. The molecular weight excluding hydrogens is 1150 g/mol. The van der Waals surface area contributed by atoms with E-state index in [1.165, 1.54) is 6.42 Å². The molecule has 0 radical (unpaired) electrons. The van der Waals surface area contributed by atoms with Gasteiger partial charge in [0.25, 0.3) is 0 Å². The number of amides is 1. The SMILES string of the molecule is C/C(Br)=C\[C@H](CC(=O)Cc1nc(C(=O)O)c([Si](C)(C)C)o1)O[Si](C)(C)C(C)(C)C.C/C(Br)=C\[C@H](CC(=O)N1C(=S)SC[C@H]1C(C)C)O[Si](C)(C)C(C)(C)C.Cc1nc(C(=O)O)c([Si](C)(C)C)o1.[CH2-]CCC.[Li+]. The molecule has 0 bridgehead atoms. The summed E-state index contributed by atoms with van der Waals surface area (Å²) in [5.41, 5.74) is 0.00825. The minimum Gasteiger partial charge on any atom is -0.476 e. The van der Waals surface area contributed by atoms with Crippen molar-refractivity contribution in [2.75, 3.05) is 5.75 Å². The van der Waals surface area contributed by atoms with Crippen LogP contribution in [0.3, 0.4) is 0 Å². The number of hydrogen-bond acceptors (Lipinski definition) is 12. The summed E-state index contributed by atoms with van der Waals surface area (Å²) in [7, 11) is -7.80. The third-order valence-corrected chi connectivity index (χ3v) is 26.4. The van der Waals surface area contributed by atoms with Gasteiger partial charge in [0.2, 0.25) is 11.8 Å². The molecule has 2 N–H and O–H groups in total. The van der Waals surface area contributed by atoms with Gasteiger partial charge in [-0.15, -0.1) is 0 Å². The number of aromatic nitrogens is 2. The van der Waals surface area contributed by atoms with E-state index in [2.05, 4.69) is 137 Å². The molecule has 1 aliphatic rings. The molecule has 3 rings (SSSR count). The molecule has 0 saturated carbocycles. The topological polar surface area (TPSA) is 182 Å². The van der Waals surface area contributed by atoms with E-state index in [-0.39, 0.29) is 89.0 Å². The number of carbonyl (C=O) groups excluding carboxylic acids is 2. The number of nitrogens with zero attached hydrogens (tertiary/aromatic N) is 3. The summed E-state index contributed by atoms with van der Waals surface area (Å²) in [6.45, 7) is 49.4. The molecule has 1 aliphatic heterocycles. The zero-order valence-electron chi connectivity index (χ0n) is 48.0. The van der Waals surface area contributed by atoms with Gasteiger partial charge in [0.05, 0.1) is 25.0 Å². The molecule has 2 aromatic heterocycles. The number of aromatic carboxylic acids is 2. The maximum Gasteiger partial charge on any atom is 1.00 e. The summed E-state index contributed by atoms with van der Waals surface area (Å²) in [6, 6.07) is 0.188. The first kappa shape index (κ1) is 72.8. The quantitative estimate of drug-likeness (QED) is 0.0817. The molecule has 0 aliphatic carbocycles. The average Bonchev–Trinajstić information content (AvgIpc) is 3.90. The van der Waals surface area contributed by atoms with Gasteiger partial charge in [-0.1, -0.05) is 164 Å². The number of Topliss-reactive ketones (excluding diaryl/α,β-unsaturated/α-hetero) is 1. The number of ketones is 1. The predicted molar refractivity (Wildman–Crippen MR) is 316 cm³/mol. The van der Waals surface area contributed by atoms with Crippen LogP contribution >= 0.6 is 55.8 Å². The van der Waals surface area contributed by atoms with Crippen LogP contribution in [0.4, 0.5) is 0 Å². The Hall–Kier alpha value is -1.24. The number of carboxylic acids is 2. The Morgan fingerprint density at radius 3 is 1.51 bits per heavy atom. The molecule has 13 nitrogen and oxygen atoms in total. The van der Waals surface area contributed by atoms with E-state index in [4.69, 9.17) is 35.0 Å². The number of thioether (sulfide) groups is 1. The zero-order valence-corrected chi connectivity index (χ0v) is 56.8. The number of aryl methyl sites for hydroxylation is 1. The first-order valence-corrected chi connectivity index (χ1v) is 40.0. The van der Waals surface area contributed by atoms with Gasteiger partial charge in [0.1, 0.15) is 37.0 Å². The third kappa shape index (κ3) is 24.8. The third-order valence-electron chi connectivity index (χ3n) is 12.0. The summed E-state index contributed by atoms with van der Waals surface area (Å²) in [5, 5.41) is 19.4. The van der Waals surface area contributed by atoms with E-state index < -0.39 is 44.7 Å². The van der Waals surface area contributed by atoms with Crippen molar-refractivity contribution in [1.82, 2.24) is 14.9 Å². The van der Waals surface area contributed by atoms with E-state index in [0.717, 1.165) is 21.1 Å². The van der Waals surface area contributed by atoms with Crippen molar-refractivity contribution in [2.45, 2.75) is 209 Å². The summed E-state index contributed by atoms with van der Waals surface area (Å²) in [6.07, 6.45) is 6.08. The molecule has 3 heterocycles. The number of rotatable bonds is 18. The van der Waals surface area contributed by atoms with E-state index in [0.29, 0.717) is 33.3 Å².